The summed E-state index contributed by atoms with van der Waals surface area (Å²) >= 11 is 0. The maximum absolute atomic E-state index is 13.3. The van der Waals surface area contributed by atoms with E-state index < -0.39 is 0 Å². The van der Waals surface area contributed by atoms with Crippen LogP contribution in [0.2, 0.25) is 0 Å². The van der Waals surface area contributed by atoms with Crippen LogP contribution in [0.4, 0.5) is 10.1 Å². The highest BCUT2D eigenvalue weighted by atomic mass is 19.1. The fourth-order valence-electron chi connectivity index (χ4n) is 2.30. The Hall–Kier alpha value is -3.42. The Balaban J connectivity index is 1.64. The number of hydrogen-bond donors (Lipinski definition) is 2. The van der Waals surface area contributed by atoms with Crippen LogP contribution in [0.25, 0.3) is 5.65 Å². The number of benzene rings is 1. The van der Waals surface area contributed by atoms with Gasteiger partial charge in [-0.25, -0.2) is 13.9 Å². The summed E-state index contributed by atoms with van der Waals surface area (Å²) in [4.78, 5) is 4.28. The molecule has 0 aliphatic heterocycles. The maximum atomic E-state index is 13.3. The van der Waals surface area contributed by atoms with Gasteiger partial charge in [-0.1, -0.05) is 6.07 Å². The summed E-state index contributed by atoms with van der Waals surface area (Å²) < 4.78 is 20.5. The van der Waals surface area contributed by atoms with E-state index in [4.69, 9.17) is 4.74 Å². The van der Waals surface area contributed by atoms with E-state index in [0.717, 1.165) is 11.4 Å². The van der Waals surface area contributed by atoms with Gasteiger partial charge in [0.15, 0.2) is 5.65 Å². The largest absolute Gasteiger partial charge is 0.437 e. The molecule has 8 heteroatoms. The highest BCUT2D eigenvalue weighted by Gasteiger charge is 2.09. The second-order valence-corrected chi connectivity index (χ2v) is 5.09. The zero-order valence-corrected chi connectivity index (χ0v) is 12.5. The Labute approximate surface area is 136 Å². The third-order valence-electron chi connectivity index (χ3n) is 3.38. The molecule has 0 bridgehead atoms. The number of fused-ring (bicyclic) bond motifs is 1. The van der Waals surface area contributed by atoms with E-state index in [1.54, 1.807) is 41.3 Å². The molecule has 0 fully saturated rings. The fraction of sp³-hybridized carbons (Fsp3) is 0.0625. The standard InChI is InChI=1S/C16H13FN6O/c17-11-2-1-3-13(8-11)24-15-9-14(16-18-6-7-23(16)22-15)19-10-12-4-5-20-21-12/h1-9,19H,10H2,(H,20,21). The molecule has 3 aromatic heterocycles. The first-order chi connectivity index (χ1) is 11.8. The smallest absolute Gasteiger partial charge is 0.239 e. The van der Waals surface area contributed by atoms with Crippen LogP contribution in [0.5, 0.6) is 11.6 Å². The molecule has 0 aliphatic carbocycles. The zero-order chi connectivity index (χ0) is 16.4. The molecule has 24 heavy (non-hydrogen) atoms. The van der Waals surface area contributed by atoms with Crippen LogP contribution in [0, 0.1) is 5.82 Å². The molecule has 0 amide bonds. The molecule has 120 valence electrons. The van der Waals surface area contributed by atoms with Crippen LogP contribution in [0.1, 0.15) is 5.69 Å². The third kappa shape index (κ3) is 2.89. The van der Waals surface area contributed by atoms with Gasteiger partial charge in [0.05, 0.1) is 17.9 Å². The molecule has 0 spiro atoms. The lowest BCUT2D eigenvalue weighted by atomic mass is 10.3. The molecule has 7 nitrogen and oxygen atoms in total. The number of hydrogen-bond acceptors (Lipinski definition) is 5. The lowest BCUT2D eigenvalue weighted by Gasteiger charge is -2.10. The number of aromatic nitrogens is 5. The van der Waals surface area contributed by atoms with Crippen molar-refractivity contribution in [1.82, 2.24) is 24.8 Å². The molecule has 0 radical (unpaired) electrons. The van der Waals surface area contributed by atoms with Gasteiger partial charge in [0.25, 0.3) is 0 Å². The van der Waals surface area contributed by atoms with E-state index >= 15 is 0 Å². The van der Waals surface area contributed by atoms with Gasteiger partial charge in [-0.2, -0.15) is 5.10 Å². The second kappa shape index (κ2) is 5.99. The topological polar surface area (TPSA) is 80.1 Å². The highest BCUT2D eigenvalue weighted by molar-refractivity contribution is 5.68. The first-order valence-electron chi connectivity index (χ1n) is 7.28. The molecule has 0 atom stereocenters. The summed E-state index contributed by atoms with van der Waals surface area (Å²) in [6.45, 7) is 0.548. The lowest BCUT2D eigenvalue weighted by Crippen LogP contribution is -2.04. The SMILES string of the molecule is Fc1cccc(Oc2cc(NCc3ccn[nH]3)c3nccn3n2)c1. The molecule has 0 unspecified atom stereocenters. The predicted octanol–water partition coefficient (Wildman–Crippen LogP) is 3.00. The molecule has 4 rings (SSSR count). The number of rotatable bonds is 5. The molecule has 0 saturated carbocycles. The molecule has 0 saturated heterocycles. The number of halogens is 1. The summed E-state index contributed by atoms with van der Waals surface area (Å²) in [7, 11) is 0. The normalized spacial score (nSPS) is 10.9. The number of ether oxygens (including phenoxy) is 1. The molecular formula is C16H13FN6O. The van der Waals surface area contributed by atoms with Gasteiger partial charge in [0.1, 0.15) is 11.6 Å². The Morgan fingerprint density at radius 2 is 2.17 bits per heavy atom. The summed E-state index contributed by atoms with van der Waals surface area (Å²) in [6.07, 6.45) is 5.05. The van der Waals surface area contributed by atoms with Crippen molar-refractivity contribution in [3.05, 3.63) is 66.5 Å². The summed E-state index contributed by atoms with van der Waals surface area (Å²) in [5.41, 5.74) is 2.35. The minimum Gasteiger partial charge on any atom is -0.437 e. The van der Waals surface area contributed by atoms with Crippen molar-refractivity contribution in [3.63, 3.8) is 0 Å². The number of anilines is 1. The summed E-state index contributed by atoms with van der Waals surface area (Å²) in [5.74, 6) is 0.341. The second-order valence-electron chi connectivity index (χ2n) is 5.09. The summed E-state index contributed by atoms with van der Waals surface area (Å²) in [6, 6.07) is 9.51. The van der Waals surface area contributed by atoms with Gasteiger partial charge < -0.3 is 10.1 Å². The molecule has 1 aromatic carbocycles. The van der Waals surface area contributed by atoms with Crippen LogP contribution in [0.3, 0.4) is 0 Å². The van der Waals surface area contributed by atoms with E-state index in [9.17, 15) is 4.39 Å². The fourth-order valence-corrected chi connectivity index (χ4v) is 2.30. The Kier molecular flexibility index (Phi) is 3.54. The van der Waals surface area contributed by atoms with Gasteiger partial charge in [-0.3, -0.25) is 5.10 Å². The monoisotopic (exact) mass is 324 g/mol. The van der Waals surface area contributed by atoms with Crippen molar-refractivity contribution in [2.75, 3.05) is 5.32 Å². The average Bonchev–Trinajstić information content (AvgIpc) is 3.24. The van der Waals surface area contributed by atoms with Crippen LogP contribution in [-0.2, 0) is 6.54 Å². The summed E-state index contributed by atoms with van der Waals surface area (Å²) in [5, 5.41) is 14.4. The van der Waals surface area contributed by atoms with Crippen molar-refractivity contribution < 1.29 is 9.13 Å². The number of nitrogens with one attached hydrogen (secondary N) is 2. The van der Waals surface area contributed by atoms with Crippen LogP contribution in [0.15, 0.2) is 55.0 Å². The Morgan fingerprint density at radius 1 is 1.21 bits per heavy atom. The Morgan fingerprint density at radius 3 is 3.00 bits per heavy atom. The number of aromatic amines is 1. The van der Waals surface area contributed by atoms with Crippen molar-refractivity contribution in [1.29, 1.82) is 0 Å². The Bertz CT molecular complexity index is 966. The average molecular weight is 324 g/mol. The number of nitrogens with zero attached hydrogens (tertiary/aromatic N) is 4. The third-order valence-corrected chi connectivity index (χ3v) is 3.38. The molecule has 0 aliphatic rings. The van der Waals surface area contributed by atoms with Crippen molar-refractivity contribution in [3.8, 4) is 11.6 Å². The van der Waals surface area contributed by atoms with Gasteiger partial charge in [-0.15, -0.1) is 5.10 Å². The number of H-pyrrole nitrogens is 1. The van der Waals surface area contributed by atoms with Gasteiger partial charge >= 0.3 is 0 Å². The van der Waals surface area contributed by atoms with Crippen molar-refractivity contribution in [2.24, 2.45) is 0 Å². The van der Waals surface area contributed by atoms with Crippen LogP contribution in [-0.4, -0.2) is 24.8 Å². The number of imidazole rings is 1. The highest BCUT2D eigenvalue weighted by Crippen LogP contribution is 2.25. The molecule has 2 N–H and O–H groups in total. The first-order valence-corrected chi connectivity index (χ1v) is 7.28. The molecular weight excluding hydrogens is 311 g/mol. The molecule has 4 aromatic rings. The predicted molar refractivity (Wildman–Crippen MR) is 85.4 cm³/mol. The van der Waals surface area contributed by atoms with Gasteiger partial charge in [0, 0.05) is 30.7 Å². The minimum atomic E-state index is -0.367. The van der Waals surface area contributed by atoms with Crippen LogP contribution < -0.4 is 10.1 Å². The van der Waals surface area contributed by atoms with Gasteiger partial charge in [0.2, 0.25) is 5.88 Å². The lowest BCUT2D eigenvalue weighted by molar-refractivity contribution is 0.448. The van der Waals surface area contributed by atoms with Crippen molar-refractivity contribution >= 4 is 11.3 Å². The van der Waals surface area contributed by atoms with E-state index in [-0.39, 0.29) is 5.82 Å². The van der Waals surface area contributed by atoms with Crippen LogP contribution >= 0.6 is 0 Å². The van der Waals surface area contributed by atoms with Gasteiger partial charge in [-0.05, 0) is 18.2 Å². The molecule has 3 heterocycles. The maximum Gasteiger partial charge on any atom is 0.239 e. The van der Waals surface area contributed by atoms with E-state index in [0.29, 0.717) is 23.8 Å². The zero-order valence-electron chi connectivity index (χ0n) is 12.5. The van der Waals surface area contributed by atoms with E-state index in [1.807, 2.05) is 6.07 Å². The minimum absolute atomic E-state index is 0.332. The van der Waals surface area contributed by atoms with E-state index in [2.05, 4.69) is 25.6 Å². The first kappa shape index (κ1) is 14.2. The van der Waals surface area contributed by atoms with E-state index in [1.165, 1.54) is 12.1 Å². The van der Waals surface area contributed by atoms with Crippen molar-refractivity contribution in [2.45, 2.75) is 6.54 Å². The quantitative estimate of drug-likeness (QED) is 0.590.